The second-order valence-corrected chi connectivity index (χ2v) is 7.37. The van der Waals surface area contributed by atoms with Gasteiger partial charge in [-0.25, -0.2) is 0 Å². The van der Waals surface area contributed by atoms with E-state index in [1.807, 2.05) is 6.08 Å². The van der Waals surface area contributed by atoms with Gasteiger partial charge in [0.15, 0.2) is 5.82 Å². The van der Waals surface area contributed by atoms with Gasteiger partial charge < -0.3 is 15.8 Å². The average Bonchev–Trinajstić information content (AvgIpc) is 3.16. The Morgan fingerprint density at radius 2 is 2.27 bits per heavy atom. The number of H-pyrrole nitrogens is 1. The zero-order chi connectivity index (χ0) is 18.3. The molecule has 0 bridgehead atoms. The van der Waals surface area contributed by atoms with Crippen molar-refractivity contribution in [2.24, 2.45) is 11.7 Å². The maximum Gasteiger partial charge on any atom is 0.152 e. The van der Waals surface area contributed by atoms with Crippen molar-refractivity contribution >= 4 is 17.4 Å². The fourth-order valence-corrected chi connectivity index (χ4v) is 4.17. The number of aromatic nitrogens is 2. The first-order valence-electron chi connectivity index (χ1n) is 8.93. The molecule has 4 rings (SSSR count). The molecule has 0 spiro atoms. The number of hydrogen-bond donors (Lipinski definition) is 3. The number of anilines is 1. The molecule has 2 aliphatic carbocycles. The summed E-state index contributed by atoms with van der Waals surface area (Å²) in [6.45, 7) is 2.90. The van der Waals surface area contributed by atoms with Gasteiger partial charge in [-0.05, 0) is 36.1 Å². The van der Waals surface area contributed by atoms with E-state index in [0.29, 0.717) is 0 Å². The van der Waals surface area contributed by atoms with Crippen LogP contribution in [-0.2, 0) is 12.8 Å². The van der Waals surface area contributed by atoms with Crippen molar-refractivity contribution in [3.63, 3.8) is 0 Å². The van der Waals surface area contributed by atoms with Crippen LogP contribution in [0.1, 0.15) is 30.0 Å². The van der Waals surface area contributed by atoms with Gasteiger partial charge in [0.25, 0.3) is 0 Å². The van der Waals surface area contributed by atoms with Crippen LogP contribution in [0, 0.1) is 5.92 Å². The summed E-state index contributed by atoms with van der Waals surface area (Å²) in [7, 11) is 1.72. The number of rotatable bonds is 5. The summed E-state index contributed by atoms with van der Waals surface area (Å²) in [5.41, 5.74) is 12.7. The van der Waals surface area contributed by atoms with Crippen molar-refractivity contribution < 1.29 is 4.74 Å². The van der Waals surface area contributed by atoms with Crippen LogP contribution in [0.2, 0.25) is 0 Å². The van der Waals surface area contributed by atoms with Crippen LogP contribution in [0.25, 0.3) is 11.3 Å². The summed E-state index contributed by atoms with van der Waals surface area (Å²) in [6.07, 6.45) is 6.51. The Balaban J connectivity index is 1.54. The number of halogens is 1. The van der Waals surface area contributed by atoms with Crippen LogP contribution in [0.4, 0.5) is 5.82 Å². The standard InChI is InChI=1S/C20H23ClN4O/c1-3-12-6-13-7-17-19(16(13)9-18(12)26-2)24-25-20(17)23-10-11-4-14(21)8-15(22)5-11/h5-6,8-9,11H,3-4,7,10,22H2,1-2H3,(H2,23,24,25). The average molecular weight is 371 g/mol. The lowest BCUT2D eigenvalue weighted by atomic mass is 9.99. The number of nitrogens with zero attached hydrogens (tertiary/aromatic N) is 1. The van der Waals surface area contributed by atoms with Gasteiger partial charge >= 0.3 is 0 Å². The van der Waals surface area contributed by atoms with Crippen LogP contribution in [0.3, 0.4) is 0 Å². The van der Waals surface area contributed by atoms with Crippen LogP contribution in [0.15, 0.2) is 35.0 Å². The highest BCUT2D eigenvalue weighted by Crippen LogP contribution is 2.42. The van der Waals surface area contributed by atoms with Crippen LogP contribution in [-0.4, -0.2) is 23.9 Å². The molecule has 0 radical (unpaired) electrons. The molecule has 1 heterocycles. The number of methoxy groups -OCH3 is 1. The van der Waals surface area contributed by atoms with E-state index in [1.54, 1.807) is 7.11 Å². The Labute approximate surface area is 158 Å². The SMILES string of the molecule is CCc1cc2c(cc1OC)-c1[nH]nc(NCC3C=C(N)C=C(Cl)C3)c1C2. The normalized spacial score (nSPS) is 18.0. The fourth-order valence-electron chi connectivity index (χ4n) is 3.85. The highest BCUT2D eigenvalue weighted by molar-refractivity contribution is 6.29. The molecule has 1 aromatic carbocycles. The molecule has 136 valence electrons. The fraction of sp³-hybridized carbons (Fsp3) is 0.350. The first-order chi connectivity index (χ1) is 12.6. The molecule has 26 heavy (non-hydrogen) atoms. The van der Waals surface area contributed by atoms with Gasteiger partial charge in [-0.1, -0.05) is 30.7 Å². The molecule has 0 fully saturated rings. The minimum atomic E-state index is 0.274. The van der Waals surface area contributed by atoms with Gasteiger partial charge in [0.05, 0.1) is 12.8 Å². The number of nitrogens with one attached hydrogen (secondary N) is 2. The summed E-state index contributed by atoms with van der Waals surface area (Å²) in [4.78, 5) is 0. The maximum absolute atomic E-state index is 6.16. The minimum Gasteiger partial charge on any atom is -0.496 e. The van der Waals surface area contributed by atoms with Gasteiger partial charge in [0.2, 0.25) is 0 Å². The summed E-state index contributed by atoms with van der Waals surface area (Å²) < 4.78 is 5.54. The van der Waals surface area contributed by atoms with E-state index in [4.69, 9.17) is 22.1 Å². The molecule has 0 aliphatic heterocycles. The zero-order valence-electron chi connectivity index (χ0n) is 15.0. The third-order valence-corrected chi connectivity index (χ3v) is 5.39. The van der Waals surface area contributed by atoms with E-state index in [9.17, 15) is 0 Å². The summed E-state index contributed by atoms with van der Waals surface area (Å²) in [5.74, 6) is 2.12. The number of allylic oxidation sites excluding steroid dienone is 2. The Morgan fingerprint density at radius 3 is 3.00 bits per heavy atom. The zero-order valence-corrected chi connectivity index (χ0v) is 15.8. The molecule has 2 aliphatic rings. The Bertz CT molecular complexity index is 913. The largest absolute Gasteiger partial charge is 0.496 e. The molecule has 6 heteroatoms. The van der Waals surface area contributed by atoms with Crippen molar-refractivity contribution in [2.75, 3.05) is 19.0 Å². The Hall–Kier alpha value is -2.40. The van der Waals surface area contributed by atoms with Gasteiger partial charge in [-0.15, -0.1) is 0 Å². The Kier molecular flexibility index (Phi) is 4.41. The second kappa shape index (κ2) is 6.72. The molecule has 2 aromatic rings. The van der Waals surface area contributed by atoms with Crippen molar-refractivity contribution in [3.8, 4) is 17.0 Å². The quantitative estimate of drug-likeness (QED) is 0.635. The summed E-state index contributed by atoms with van der Waals surface area (Å²) >= 11 is 6.16. The number of nitrogens with two attached hydrogens (primary N) is 1. The van der Waals surface area contributed by atoms with Crippen molar-refractivity contribution in [1.82, 2.24) is 10.2 Å². The first kappa shape index (κ1) is 17.0. The second-order valence-electron chi connectivity index (χ2n) is 6.88. The number of fused-ring (bicyclic) bond motifs is 3. The van der Waals surface area contributed by atoms with E-state index >= 15 is 0 Å². The Morgan fingerprint density at radius 1 is 1.42 bits per heavy atom. The number of aromatic amines is 1. The van der Waals surface area contributed by atoms with Crippen molar-refractivity contribution in [3.05, 3.63) is 51.7 Å². The van der Waals surface area contributed by atoms with Crippen LogP contribution < -0.4 is 15.8 Å². The third-order valence-electron chi connectivity index (χ3n) is 5.13. The summed E-state index contributed by atoms with van der Waals surface area (Å²) in [5, 5.41) is 11.9. The molecule has 5 nitrogen and oxygen atoms in total. The molecular weight excluding hydrogens is 348 g/mol. The van der Waals surface area contributed by atoms with Crippen molar-refractivity contribution in [1.29, 1.82) is 0 Å². The van der Waals surface area contributed by atoms with Gasteiger partial charge in [0.1, 0.15) is 5.75 Å². The molecular formula is C20H23ClN4O. The molecule has 1 unspecified atom stereocenters. The lowest BCUT2D eigenvalue weighted by Crippen LogP contribution is -2.17. The minimum absolute atomic E-state index is 0.274. The lowest BCUT2D eigenvalue weighted by Gasteiger charge is -2.18. The number of benzene rings is 1. The molecule has 0 saturated carbocycles. The smallest absolute Gasteiger partial charge is 0.152 e. The summed E-state index contributed by atoms with van der Waals surface area (Å²) in [6, 6.07) is 4.37. The monoisotopic (exact) mass is 370 g/mol. The predicted molar refractivity (Wildman–Crippen MR) is 106 cm³/mol. The molecule has 0 saturated heterocycles. The molecule has 4 N–H and O–H groups in total. The lowest BCUT2D eigenvalue weighted by molar-refractivity contribution is 0.410. The van der Waals surface area contributed by atoms with E-state index in [2.05, 4.69) is 40.6 Å². The van der Waals surface area contributed by atoms with Crippen molar-refractivity contribution in [2.45, 2.75) is 26.2 Å². The highest BCUT2D eigenvalue weighted by Gasteiger charge is 2.26. The molecule has 1 aromatic heterocycles. The topological polar surface area (TPSA) is 76.0 Å². The number of ether oxygens (including phenoxy) is 1. The van der Waals surface area contributed by atoms with E-state index < -0.39 is 0 Å². The molecule has 0 amide bonds. The van der Waals surface area contributed by atoms with E-state index in [0.717, 1.165) is 53.8 Å². The van der Waals surface area contributed by atoms with Gasteiger partial charge in [-0.2, -0.15) is 5.10 Å². The van der Waals surface area contributed by atoms with Crippen LogP contribution >= 0.6 is 11.6 Å². The highest BCUT2D eigenvalue weighted by atomic mass is 35.5. The first-order valence-corrected chi connectivity index (χ1v) is 9.31. The third kappa shape index (κ3) is 2.97. The van der Waals surface area contributed by atoms with E-state index in [-0.39, 0.29) is 5.92 Å². The van der Waals surface area contributed by atoms with Crippen LogP contribution in [0.5, 0.6) is 5.75 Å². The molecule has 1 atom stereocenters. The van der Waals surface area contributed by atoms with Gasteiger partial charge in [-0.3, -0.25) is 5.10 Å². The predicted octanol–water partition coefficient (Wildman–Crippen LogP) is 3.95. The van der Waals surface area contributed by atoms with E-state index in [1.165, 1.54) is 22.3 Å². The van der Waals surface area contributed by atoms with Gasteiger partial charge in [0, 0.05) is 40.7 Å². The maximum atomic E-state index is 6.16. The number of aryl methyl sites for hydroxylation is 1. The number of hydrogen-bond acceptors (Lipinski definition) is 4.